The number of ether oxygens (including phenoxy) is 1. The topological polar surface area (TPSA) is 81.5 Å². The highest BCUT2D eigenvalue weighted by molar-refractivity contribution is 7.20. The van der Waals surface area contributed by atoms with Crippen molar-refractivity contribution in [3.63, 3.8) is 0 Å². The zero-order valence-corrected chi connectivity index (χ0v) is 17.1. The first kappa shape index (κ1) is 19.1. The van der Waals surface area contributed by atoms with Crippen LogP contribution >= 0.6 is 11.3 Å². The van der Waals surface area contributed by atoms with Gasteiger partial charge in [-0.05, 0) is 45.1 Å². The number of nitrogens with zero attached hydrogens (tertiary/aromatic N) is 3. The highest BCUT2D eigenvalue weighted by Gasteiger charge is 2.32. The minimum absolute atomic E-state index is 0.0319. The van der Waals surface area contributed by atoms with Crippen LogP contribution in [0.4, 0.5) is 0 Å². The largest absolute Gasteiger partial charge is 0.466 e. The molecule has 150 valence electrons. The Hall–Kier alpha value is -2.22. The molecule has 1 fully saturated rings. The van der Waals surface area contributed by atoms with Crippen LogP contribution < -0.4 is 5.56 Å². The Morgan fingerprint density at radius 1 is 1.25 bits per heavy atom. The van der Waals surface area contributed by atoms with E-state index in [2.05, 4.69) is 4.98 Å². The van der Waals surface area contributed by atoms with Gasteiger partial charge in [0.2, 0.25) is 0 Å². The van der Waals surface area contributed by atoms with Crippen LogP contribution in [0.2, 0.25) is 0 Å². The molecule has 8 heteroatoms. The van der Waals surface area contributed by atoms with E-state index >= 15 is 0 Å². The molecule has 0 bridgehead atoms. The first-order chi connectivity index (χ1) is 13.5. The molecular formula is C20H25N3O4S. The van der Waals surface area contributed by atoms with E-state index in [1.165, 1.54) is 11.3 Å². The number of fused-ring (bicyclic) bond motifs is 2. The summed E-state index contributed by atoms with van der Waals surface area (Å²) in [5, 5.41) is 0.568. The minimum atomic E-state index is -0.275. The lowest BCUT2D eigenvalue weighted by Crippen LogP contribution is -2.42. The fourth-order valence-electron chi connectivity index (χ4n) is 4.19. The Kier molecular flexibility index (Phi) is 5.23. The van der Waals surface area contributed by atoms with Crippen LogP contribution in [0, 0.1) is 12.8 Å². The Morgan fingerprint density at radius 3 is 2.86 bits per heavy atom. The Bertz CT molecular complexity index is 993. The molecule has 7 nitrogen and oxygen atoms in total. The standard InChI is InChI=1S/C20H25N3O4S/c1-3-27-20(26)13-7-6-9-22(11-13)19(25)16-12(2)15-17(28-16)21-14-8-4-5-10-23(14)18(15)24/h13H,3-11H2,1-2H3. The van der Waals surface area contributed by atoms with Crippen LogP contribution in [0.25, 0.3) is 10.2 Å². The summed E-state index contributed by atoms with van der Waals surface area (Å²) >= 11 is 1.30. The Balaban J connectivity index is 1.66. The first-order valence-corrected chi connectivity index (χ1v) is 10.8. The number of aromatic nitrogens is 2. The zero-order chi connectivity index (χ0) is 19.8. The normalized spacial score (nSPS) is 19.5. The van der Waals surface area contributed by atoms with Gasteiger partial charge in [0.15, 0.2) is 0 Å². The van der Waals surface area contributed by atoms with Crippen LogP contribution in [0.1, 0.15) is 53.7 Å². The quantitative estimate of drug-likeness (QED) is 0.736. The number of hydrogen-bond acceptors (Lipinski definition) is 6. The molecule has 0 spiro atoms. The molecule has 2 aliphatic rings. The predicted molar refractivity (Wildman–Crippen MR) is 107 cm³/mol. The molecule has 2 aromatic rings. The summed E-state index contributed by atoms with van der Waals surface area (Å²) in [6, 6.07) is 0. The van der Waals surface area contributed by atoms with Gasteiger partial charge in [-0.1, -0.05) is 0 Å². The van der Waals surface area contributed by atoms with Crippen LogP contribution in [-0.4, -0.2) is 46.0 Å². The summed E-state index contributed by atoms with van der Waals surface area (Å²) < 4.78 is 6.89. The smallest absolute Gasteiger partial charge is 0.310 e. The van der Waals surface area contributed by atoms with Gasteiger partial charge in [-0.3, -0.25) is 19.0 Å². The number of aryl methyl sites for hydroxylation is 2. The van der Waals surface area contributed by atoms with Gasteiger partial charge in [-0.25, -0.2) is 4.98 Å². The summed E-state index contributed by atoms with van der Waals surface area (Å²) in [5.74, 6) is 0.199. The van der Waals surface area contributed by atoms with Crippen molar-refractivity contribution < 1.29 is 14.3 Å². The first-order valence-electron chi connectivity index (χ1n) is 10.00. The van der Waals surface area contributed by atoms with E-state index in [1.807, 2.05) is 6.92 Å². The molecule has 4 heterocycles. The molecule has 1 amide bonds. The van der Waals surface area contributed by atoms with Crippen LogP contribution in [0.15, 0.2) is 4.79 Å². The van der Waals surface area contributed by atoms with Gasteiger partial charge in [-0.2, -0.15) is 0 Å². The molecule has 1 saturated heterocycles. The van der Waals surface area contributed by atoms with E-state index in [0.717, 1.165) is 37.9 Å². The average Bonchev–Trinajstić information content (AvgIpc) is 3.04. The maximum atomic E-state index is 13.2. The molecule has 0 saturated carbocycles. The molecule has 0 aliphatic carbocycles. The van der Waals surface area contributed by atoms with E-state index in [4.69, 9.17) is 4.74 Å². The lowest BCUT2D eigenvalue weighted by atomic mass is 9.98. The van der Waals surface area contributed by atoms with Crippen molar-refractivity contribution in [3.8, 4) is 0 Å². The third-order valence-corrected chi connectivity index (χ3v) is 6.86. The van der Waals surface area contributed by atoms with E-state index in [-0.39, 0.29) is 23.4 Å². The molecule has 1 atom stereocenters. The third kappa shape index (κ3) is 3.23. The fraction of sp³-hybridized carbons (Fsp3) is 0.600. The Morgan fingerprint density at radius 2 is 2.07 bits per heavy atom. The van der Waals surface area contributed by atoms with E-state index in [9.17, 15) is 14.4 Å². The molecular weight excluding hydrogens is 378 g/mol. The molecule has 0 radical (unpaired) electrons. The second-order valence-corrected chi connectivity index (χ2v) is 8.52. The predicted octanol–water partition coefficient (Wildman–Crippen LogP) is 2.52. The summed E-state index contributed by atoms with van der Waals surface area (Å²) in [4.78, 5) is 45.9. The number of carbonyl (C=O) groups is 2. The molecule has 0 N–H and O–H groups in total. The van der Waals surface area contributed by atoms with E-state index in [1.54, 1.807) is 16.4 Å². The number of hydrogen-bond donors (Lipinski definition) is 0. The number of piperidine rings is 1. The monoisotopic (exact) mass is 403 g/mol. The molecule has 1 unspecified atom stereocenters. The van der Waals surface area contributed by atoms with Gasteiger partial charge in [0, 0.05) is 26.1 Å². The minimum Gasteiger partial charge on any atom is -0.466 e. The van der Waals surface area contributed by atoms with E-state index in [0.29, 0.717) is 46.9 Å². The zero-order valence-electron chi connectivity index (χ0n) is 16.3. The maximum absolute atomic E-state index is 13.2. The van der Waals surface area contributed by atoms with Crippen molar-refractivity contribution in [3.05, 3.63) is 26.6 Å². The van der Waals surface area contributed by atoms with Crippen LogP contribution in [0.5, 0.6) is 0 Å². The van der Waals surface area contributed by atoms with Crippen molar-refractivity contribution in [2.75, 3.05) is 19.7 Å². The molecule has 0 aromatic carbocycles. The summed E-state index contributed by atoms with van der Waals surface area (Å²) in [6.45, 7) is 5.65. The Labute approximate surface area is 167 Å². The van der Waals surface area contributed by atoms with Gasteiger partial charge in [0.25, 0.3) is 11.5 Å². The van der Waals surface area contributed by atoms with E-state index < -0.39 is 0 Å². The van der Waals surface area contributed by atoms with Crippen LogP contribution in [0.3, 0.4) is 0 Å². The van der Waals surface area contributed by atoms with Gasteiger partial charge >= 0.3 is 5.97 Å². The van der Waals surface area contributed by atoms with Gasteiger partial charge in [0.05, 0.1) is 22.8 Å². The van der Waals surface area contributed by atoms with Crippen LogP contribution in [-0.2, 0) is 22.5 Å². The number of carbonyl (C=O) groups excluding carboxylic acids is 2. The molecule has 2 aliphatic heterocycles. The number of thiophene rings is 1. The van der Waals surface area contributed by atoms with Crippen molar-refractivity contribution in [1.29, 1.82) is 0 Å². The summed E-state index contributed by atoms with van der Waals surface area (Å²) in [6.07, 6.45) is 4.34. The van der Waals surface area contributed by atoms with Gasteiger partial charge < -0.3 is 9.64 Å². The summed E-state index contributed by atoms with van der Waals surface area (Å²) in [7, 11) is 0. The maximum Gasteiger partial charge on any atom is 0.310 e. The van der Waals surface area contributed by atoms with Crippen molar-refractivity contribution in [1.82, 2.24) is 14.5 Å². The van der Waals surface area contributed by atoms with Crippen molar-refractivity contribution in [2.24, 2.45) is 5.92 Å². The number of rotatable bonds is 3. The van der Waals surface area contributed by atoms with Gasteiger partial charge in [-0.15, -0.1) is 11.3 Å². The molecule has 4 rings (SSSR count). The van der Waals surface area contributed by atoms with Crippen molar-refractivity contribution in [2.45, 2.75) is 52.5 Å². The third-order valence-electron chi connectivity index (χ3n) is 5.68. The number of amides is 1. The molecule has 28 heavy (non-hydrogen) atoms. The van der Waals surface area contributed by atoms with Gasteiger partial charge in [0.1, 0.15) is 10.7 Å². The lowest BCUT2D eigenvalue weighted by Gasteiger charge is -2.31. The number of likely N-dealkylation sites (tertiary alicyclic amines) is 1. The summed E-state index contributed by atoms with van der Waals surface area (Å²) in [5.41, 5.74) is 0.678. The lowest BCUT2D eigenvalue weighted by molar-refractivity contribution is -0.149. The average molecular weight is 404 g/mol. The van der Waals surface area contributed by atoms with Crippen molar-refractivity contribution >= 4 is 33.4 Å². The molecule has 2 aromatic heterocycles. The number of esters is 1. The second-order valence-electron chi connectivity index (χ2n) is 7.52. The highest BCUT2D eigenvalue weighted by atomic mass is 32.1. The second kappa shape index (κ2) is 7.66. The highest BCUT2D eigenvalue weighted by Crippen LogP contribution is 2.31. The fourth-order valence-corrected chi connectivity index (χ4v) is 5.35. The SMILES string of the molecule is CCOC(=O)C1CCCN(C(=O)c2sc3nc4n(c(=O)c3c2C)CCCC4)C1.